The first-order valence-electron chi connectivity index (χ1n) is 4.84. The van der Waals surface area contributed by atoms with E-state index in [0.717, 1.165) is 12.2 Å². The first-order chi connectivity index (χ1) is 5.83. The van der Waals surface area contributed by atoms with Crippen molar-refractivity contribution in [2.24, 2.45) is 0 Å². The average Bonchev–Trinajstić information content (AvgIpc) is 2.45. The van der Waals surface area contributed by atoms with Crippen LogP contribution in [-0.2, 0) is 6.42 Å². The molecule has 0 radical (unpaired) electrons. The van der Waals surface area contributed by atoms with E-state index in [1.54, 1.807) is 0 Å². The monoisotopic (exact) mass is 202 g/mol. The van der Waals surface area contributed by atoms with Gasteiger partial charge in [0.25, 0.3) is 0 Å². The zero-order valence-electron chi connectivity index (χ0n) is 8.47. The van der Waals surface area contributed by atoms with Gasteiger partial charge in [-0.3, -0.25) is 0 Å². The van der Waals surface area contributed by atoms with Crippen LogP contribution in [0.4, 0.5) is 0 Å². The molecule has 1 aromatic rings. The van der Waals surface area contributed by atoms with Crippen LogP contribution in [0.1, 0.15) is 44.1 Å². The molecule has 13 heavy (non-hydrogen) atoms. The number of rotatable bonds is 5. The Morgan fingerprint density at radius 1 is 1.31 bits per heavy atom. The normalized spacial score (nSPS) is 9.69. The van der Waals surface area contributed by atoms with Crippen molar-refractivity contribution in [2.45, 2.75) is 46.0 Å². The lowest BCUT2D eigenvalue weighted by Gasteiger charge is -1.95. The Hall–Kier alpha value is -0.500. The van der Waals surface area contributed by atoms with E-state index < -0.39 is 0 Å². The minimum absolute atomic E-state index is 0. The number of hydrogen-bond donors (Lipinski definition) is 1. The third kappa shape index (κ3) is 4.94. The Bertz CT molecular complexity index is 220. The van der Waals surface area contributed by atoms with Gasteiger partial charge >= 0.3 is 0 Å². The van der Waals surface area contributed by atoms with Crippen LogP contribution in [-0.4, -0.2) is 9.97 Å². The van der Waals surface area contributed by atoms with E-state index >= 15 is 0 Å². The van der Waals surface area contributed by atoms with Gasteiger partial charge in [-0.05, 0) is 19.8 Å². The minimum Gasteiger partial charge on any atom is -0.349 e. The molecule has 0 aliphatic carbocycles. The molecule has 0 aliphatic heterocycles. The van der Waals surface area contributed by atoms with Crippen molar-refractivity contribution in [3.63, 3.8) is 0 Å². The van der Waals surface area contributed by atoms with Crippen molar-refractivity contribution in [1.82, 2.24) is 9.97 Å². The van der Waals surface area contributed by atoms with Gasteiger partial charge in [0.15, 0.2) is 0 Å². The topological polar surface area (TPSA) is 28.7 Å². The molecule has 0 aromatic carbocycles. The number of halogens is 1. The van der Waals surface area contributed by atoms with E-state index in [1.165, 1.54) is 31.4 Å². The quantitative estimate of drug-likeness (QED) is 0.730. The molecular weight excluding hydrogens is 184 g/mol. The molecule has 1 rings (SSSR count). The summed E-state index contributed by atoms with van der Waals surface area (Å²) in [6.45, 7) is 4.23. The molecule has 0 atom stereocenters. The molecule has 0 unspecified atom stereocenters. The molecular formula is C10H19ClN2. The fraction of sp³-hybridized carbons (Fsp3) is 0.700. The van der Waals surface area contributed by atoms with Gasteiger partial charge in [0.05, 0.1) is 5.69 Å². The maximum absolute atomic E-state index is 4.35. The van der Waals surface area contributed by atoms with E-state index in [2.05, 4.69) is 16.9 Å². The van der Waals surface area contributed by atoms with Gasteiger partial charge in [-0.15, -0.1) is 12.4 Å². The van der Waals surface area contributed by atoms with Crippen molar-refractivity contribution in [3.8, 4) is 0 Å². The van der Waals surface area contributed by atoms with Gasteiger partial charge in [0, 0.05) is 6.20 Å². The second-order valence-corrected chi connectivity index (χ2v) is 3.29. The summed E-state index contributed by atoms with van der Waals surface area (Å²) in [5, 5.41) is 0. The zero-order valence-corrected chi connectivity index (χ0v) is 9.28. The molecule has 0 fully saturated rings. The number of H-pyrrole nitrogens is 1. The first kappa shape index (κ1) is 12.5. The van der Waals surface area contributed by atoms with Crippen molar-refractivity contribution in [1.29, 1.82) is 0 Å². The molecule has 1 heterocycles. The molecule has 0 amide bonds. The third-order valence-electron chi connectivity index (χ3n) is 2.05. The van der Waals surface area contributed by atoms with Crippen LogP contribution in [0, 0.1) is 6.92 Å². The van der Waals surface area contributed by atoms with E-state index in [9.17, 15) is 0 Å². The summed E-state index contributed by atoms with van der Waals surface area (Å²) in [4.78, 5) is 7.45. The lowest BCUT2D eigenvalue weighted by molar-refractivity contribution is 0.661. The van der Waals surface area contributed by atoms with E-state index in [0.29, 0.717) is 0 Å². The molecule has 0 aliphatic rings. The molecule has 0 saturated heterocycles. The fourth-order valence-electron chi connectivity index (χ4n) is 1.33. The maximum Gasteiger partial charge on any atom is 0.103 e. The van der Waals surface area contributed by atoms with Crippen LogP contribution in [0.25, 0.3) is 0 Å². The highest BCUT2D eigenvalue weighted by Gasteiger charge is 1.96. The Morgan fingerprint density at radius 3 is 2.62 bits per heavy atom. The van der Waals surface area contributed by atoms with E-state index in [-0.39, 0.29) is 12.4 Å². The van der Waals surface area contributed by atoms with Crippen LogP contribution in [0.2, 0.25) is 0 Å². The Morgan fingerprint density at radius 2 is 2.08 bits per heavy atom. The van der Waals surface area contributed by atoms with E-state index in [4.69, 9.17) is 0 Å². The van der Waals surface area contributed by atoms with Crippen LogP contribution < -0.4 is 0 Å². The van der Waals surface area contributed by atoms with Crippen LogP contribution in [0.3, 0.4) is 0 Å². The summed E-state index contributed by atoms with van der Waals surface area (Å²) in [6.07, 6.45) is 8.41. The molecule has 1 aromatic heterocycles. The van der Waals surface area contributed by atoms with Gasteiger partial charge in [0.1, 0.15) is 5.82 Å². The Balaban J connectivity index is 0.00000144. The fourth-order valence-corrected chi connectivity index (χ4v) is 1.33. The lowest BCUT2D eigenvalue weighted by Crippen LogP contribution is -1.85. The number of nitrogens with zero attached hydrogens (tertiary/aromatic N) is 1. The first-order valence-corrected chi connectivity index (χ1v) is 4.84. The highest BCUT2D eigenvalue weighted by atomic mass is 35.5. The van der Waals surface area contributed by atoms with Gasteiger partial charge in [-0.2, -0.15) is 0 Å². The number of aryl methyl sites for hydroxylation is 2. The standard InChI is InChI=1S/C10H18N2.ClH/c1-3-4-5-6-7-10-8-11-9(2)12-10;/h8H,3-7H2,1-2H3,(H,11,12);1H. The molecule has 76 valence electrons. The van der Waals surface area contributed by atoms with Gasteiger partial charge in [-0.25, -0.2) is 4.98 Å². The van der Waals surface area contributed by atoms with Gasteiger partial charge in [0.2, 0.25) is 0 Å². The second kappa shape index (κ2) is 6.96. The van der Waals surface area contributed by atoms with Crippen LogP contribution in [0.5, 0.6) is 0 Å². The lowest BCUT2D eigenvalue weighted by atomic mass is 10.1. The van der Waals surface area contributed by atoms with Gasteiger partial charge < -0.3 is 4.98 Å². The zero-order chi connectivity index (χ0) is 8.81. The summed E-state index contributed by atoms with van der Waals surface area (Å²) in [5.74, 6) is 1.03. The summed E-state index contributed by atoms with van der Waals surface area (Å²) in [7, 11) is 0. The summed E-state index contributed by atoms with van der Waals surface area (Å²) >= 11 is 0. The smallest absolute Gasteiger partial charge is 0.103 e. The third-order valence-corrected chi connectivity index (χ3v) is 2.05. The highest BCUT2D eigenvalue weighted by molar-refractivity contribution is 5.85. The SMILES string of the molecule is CCCCCCc1c[nH]c(C)n1.Cl. The molecule has 0 spiro atoms. The number of hydrogen-bond acceptors (Lipinski definition) is 1. The molecule has 0 saturated carbocycles. The van der Waals surface area contributed by atoms with Crippen LogP contribution >= 0.6 is 12.4 Å². The maximum atomic E-state index is 4.35. The van der Waals surface area contributed by atoms with Crippen molar-refractivity contribution in [2.75, 3.05) is 0 Å². The average molecular weight is 203 g/mol. The molecule has 3 heteroatoms. The van der Waals surface area contributed by atoms with Crippen molar-refractivity contribution in [3.05, 3.63) is 17.7 Å². The molecule has 0 bridgehead atoms. The number of aromatic nitrogens is 2. The van der Waals surface area contributed by atoms with Crippen molar-refractivity contribution >= 4 is 12.4 Å². The molecule has 1 N–H and O–H groups in total. The van der Waals surface area contributed by atoms with Crippen LogP contribution in [0.15, 0.2) is 6.20 Å². The largest absolute Gasteiger partial charge is 0.349 e. The summed E-state index contributed by atoms with van der Waals surface area (Å²) < 4.78 is 0. The predicted octanol–water partition coefficient (Wildman–Crippen LogP) is 3.26. The summed E-state index contributed by atoms with van der Waals surface area (Å²) in [5.41, 5.74) is 1.21. The highest BCUT2D eigenvalue weighted by Crippen LogP contribution is 2.05. The Labute approximate surface area is 86.6 Å². The summed E-state index contributed by atoms with van der Waals surface area (Å²) in [6, 6.07) is 0. The minimum atomic E-state index is 0. The number of nitrogens with one attached hydrogen (secondary N) is 1. The molecule has 2 nitrogen and oxygen atoms in total. The number of imidazole rings is 1. The predicted molar refractivity (Wildman–Crippen MR) is 58.4 cm³/mol. The van der Waals surface area contributed by atoms with Crippen molar-refractivity contribution < 1.29 is 0 Å². The number of unbranched alkanes of at least 4 members (excludes halogenated alkanes) is 3. The number of aromatic amines is 1. The Kier molecular flexibility index (Phi) is 6.69. The second-order valence-electron chi connectivity index (χ2n) is 3.29. The van der Waals surface area contributed by atoms with E-state index in [1.807, 2.05) is 13.1 Å². The van der Waals surface area contributed by atoms with Gasteiger partial charge in [-0.1, -0.05) is 26.2 Å².